The number of rotatable bonds is 6. The molecule has 1 aromatic heterocycles. The minimum Gasteiger partial charge on any atom is -0.369 e. The maximum atomic E-state index is 13.2. The average molecular weight is 504 g/mol. The fourth-order valence-corrected chi connectivity index (χ4v) is 4.69. The van der Waals surface area contributed by atoms with Gasteiger partial charge in [0.2, 0.25) is 5.91 Å². The standard InChI is InChI=1S/C17H16Cl2F5N5OS/c1-8(2)27-15-13(17(3-4-17)16(26)30)12(7-25)28-29(15)14-10(18)5-9(6-11(14)19)31(20,21,22,23)24/h5-6,8,27H,3-4H2,1-2H3,(H2,26,30). The van der Waals surface area contributed by atoms with E-state index in [0.717, 1.165) is 4.68 Å². The van der Waals surface area contributed by atoms with Crippen LogP contribution in [0.1, 0.15) is 37.9 Å². The van der Waals surface area contributed by atoms with Crippen molar-refractivity contribution in [1.29, 1.82) is 5.26 Å². The fourth-order valence-electron chi connectivity index (χ4n) is 3.23. The Balaban J connectivity index is 2.34. The van der Waals surface area contributed by atoms with Gasteiger partial charge in [-0.25, -0.2) is 4.68 Å². The molecule has 14 heteroatoms. The number of benzene rings is 1. The lowest BCUT2D eigenvalue weighted by Gasteiger charge is -2.40. The Morgan fingerprint density at radius 3 is 2.13 bits per heavy atom. The van der Waals surface area contributed by atoms with Crippen molar-refractivity contribution >= 4 is 45.2 Å². The average Bonchev–Trinajstić information content (AvgIpc) is 3.31. The first kappa shape index (κ1) is 23.4. The lowest BCUT2D eigenvalue weighted by molar-refractivity contribution is -0.120. The van der Waals surface area contributed by atoms with Gasteiger partial charge in [0.15, 0.2) is 5.69 Å². The molecule has 0 aliphatic heterocycles. The maximum Gasteiger partial charge on any atom is 0.310 e. The molecule has 3 N–H and O–H groups in total. The van der Waals surface area contributed by atoms with Crippen molar-refractivity contribution in [2.45, 2.75) is 43.0 Å². The lowest BCUT2D eigenvalue weighted by atomic mass is 9.94. The molecule has 1 aromatic carbocycles. The molecule has 1 aliphatic rings. The van der Waals surface area contributed by atoms with Gasteiger partial charge < -0.3 is 11.1 Å². The van der Waals surface area contributed by atoms with Crippen molar-refractivity contribution < 1.29 is 24.2 Å². The van der Waals surface area contributed by atoms with Crippen LogP contribution in [-0.4, -0.2) is 21.7 Å². The topological polar surface area (TPSA) is 96.7 Å². The largest absolute Gasteiger partial charge is 0.369 e. The third-order valence-electron chi connectivity index (χ3n) is 4.76. The van der Waals surface area contributed by atoms with Gasteiger partial charge in [-0.1, -0.05) is 42.6 Å². The number of hydrogen-bond donors (Lipinski definition) is 2. The number of hydrogen-bond acceptors (Lipinski definition) is 4. The maximum absolute atomic E-state index is 13.2. The molecule has 0 radical (unpaired) electrons. The van der Waals surface area contributed by atoms with Crippen LogP contribution in [0.15, 0.2) is 17.0 Å². The Hall–Kier alpha value is -2.23. The monoisotopic (exact) mass is 503 g/mol. The molecular weight excluding hydrogens is 488 g/mol. The predicted molar refractivity (Wildman–Crippen MR) is 109 cm³/mol. The summed E-state index contributed by atoms with van der Waals surface area (Å²) in [6, 6.07) is 1.65. The number of anilines is 1. The summed E-state index contributed by atoms with van der Waals surface area (Å²) in [5, 5.41) is 15.0. The number of nitrogens with one attached hydrogen (secondary N) is 1. The highest BCUT2D eigenvalue weighted by atomic mass is 35.5. The number of carbonyl (C=O) groups excluding carboxylic acids is 1. The summed E-state index contributed by atoms with van der Waals surface area (Å²) in [7, 11) is -10.1. The highest BCUT2D eigenvalue weighted by Gasteiger charge is 2.65. The van der Waals surface area contributed by atoms with E-state index in [9.17, 15) is 29.5 Å². The first-order chi connectivity index (χ1) is 13.9. The van der Waals surface area contributed by atoms with E-state index in [4.69, 9.17) is 28.9 Å². The molecule has 0 saturated heterocycles. The van der Waals surface area contributed by atoms with Gasteiger partial charge in [0.05, 0.1) is 15.5 Å². The van der Waals surface area contributed by atoms with Crippen LogP contribution in [0.5, 0.6) is 0 Å². The fraction of sp³-hybridized carbons (Fsp3) is 0.353. The van der Waals surface area contributed by atoms with Gasteiger partial charge >= 0.3 is 10.2 Å². The normalized spacial score (nSPS) is 17.6. The Morgan fingerprint density at radius 2 is 1.77 bits per heavy atom. The zero-order valence-electron chi connectivity index (χ0n) is 16.0. The third kappa shape index (κ3) is 4.14. The molecule has 0 unspecified atom stereocenters. The predicted octanol–water partition coefficient (Wildman–Crippen LogP) is 6.05. The minimum atomic E-state index is -10.1. The Kier molecular flexibility index (Phi) is 4.84. The van der Waals surface area contributed by atoms with Crippen molar-refractivity contribution in [2.24, 2.45) is 5.73 Å². The van der Waals surface area contributed by atoms with Crippen molar-refractivity contribution in [3.63, 3.8) is 0 Å². The van der Waals surface area contributed by atoms with E-state index < -0.39 is 36.5 Å². The number of nitrogens with zero attached hydrogens (tertiary/aromatic N) is 3. The number of aromatic nitrogens is 2. The smallest absolute Gasteiger partial charge is 0.310 e. The molecule has 170 valence electrons. The van der Waals surface area contributed by atoms with Crippen LogP contribution in [0.4, 0.5) is 25.2 Å². The first-order valence-corrected chi connectivity index (χ1v) is 11.5. The van der Waals surface area contributed by atoms with Gasteiger partial charge in [0.25, 0.3) is 0 Å². The highest BCUT2D eigenvalue weighted by Crippen LogP contribution is 3.02. The number of nitrogens with two attached hydrogens (primary N) is 1. The van der Waals surface area contributed by atoms with Crippen molar-refractivity contribution in [1.82, 2.24) is 9.78 Å². The molecule has 1 amide bonds. The molecule has 0 atom stereocenters. The van der Waals surface area contributed by atoms with E-state index in [1.807, 2.05) is 6.07 Å². The van der Waals surface area contributed by atoms with E-state index in [2.05, 4.69) is 10.4 Å². The summed E-state index contributed by atoms with van der Waals surface area (Å²) >= 11 is 11.9. The summed E-state index contributed by atoms with van der Waals surface area (Å²) in [6.07, 6.45) is 0.667. The second-order valence-corrected chi connectivity index (χ2v) is 10.8. The van der Waals surface area contributed by atoms with Crippen LogP contribution in [-0.2, 0) is 10.2 Å². The second-order valence-electron chi connectivity index (χ2n) is 7.55. The zero-order chi connectivity index (χ0) is 23.6. The number of carbonyl (C=O) groups is 1. The SMILES string of the molecule is CC(C)Nc1c(C2(C(N)=O)CC2)c(C#N)nn1-c1c(Cl)cc(S(F)(F)(F)(F)F)cc1Cl. The summed E-state index contributed by atoms with van der Waals surface area (Å²) in [5.74, 6) is -0.643. The van der Waals surface area contributed by atoms with E-state index in [1.54, 1.807) is 13.8 Å². The number of amides is 1. The Bertz CT molecular complexity index is 1130. The molecular formula is C17H16Cl2F5N5OS. The van der Waals surface area contributed by atoms with Crippen molar-refractivity contribution in [3.05, 3.63) is 33.4 Å². The molecule has 0 spiro atoms. The van der Waals surface area contributed by atoms with Gasteiger partial charge in [-0.3, -0.25) is 4.79 Å². The molecule has 6 nitrogen and oxygen atoms in total. The molecule has 1 saturated carbocycles. The van der Waals surface area contributed by atoms with Gasteiger partial charge in [-0.2, -0.15) is 10.4 Å². The molecule has 0 bridgehead atoms. The third-order valence-corrected chi connectivity index (χ3v) is 6.47. The number of halogens is 7. The summed E-state index contributed by atoms with van der Waals surface area (Å²) in [4.78, 5) is 9.82. The van der Waals surface area contributed by atoms with Gasteiger partial charge in [-0.05, 0) is 38.8 Å². The van der Waals surface area contributed by atoms with Crippen molar-refractivity contribution in [2.75, 3.05) is 5.32 Å². The minimum absolute atomic E-state index is 0.0534. The molecule has 31 heavy (non-hydrogen) atoms. The van der Waals surface area contributed by atoms with Gasteiger partial charge in [0, 0.05) is 11.6 Å². The second kappa shape index (κ2) is 6.40. The quantitative estimate of drug-likeness (QED) is 0.469. The number of nitriles is 1. The highest BCUT2D eigenvalue weighted by molar-refractivity contribution is 8.45. The van der Waals surface area contributed by atoms with Crippen LogP contribution < -0.4 is 11.1 Å². The van der Waals surface area contributed by atoms with E-state index >= 15 is 0 Å². The van der Waals surface area contributed by atoms with Crippen LogP contribution in [0.25, 0.3) is 5.69 Å². The van der Waals surface area contributed by atoms with E-state index in [1.165, 1.54) is 0 Å². The van der Waals surface area contributed by atoms with Crippen LogP contribution in [0.2, 0.25) is 10.0 Å². The molecule has 1 fully saturated rings. The van der Waals surface area contributed by atoms with Crippen molar-refractivity contribution in [3.8, 4) is 11.8 Å². The van der Waals surface area contributed by atoms with Crippen LogP contribution >= 0.6 is 33.4 Å². The zero-order valence-corrected chi connectivity index (χ0v) is 18.4. The van der Waals surface area contributed by atoms with Crippen LogP contribution in [0.3, 0.4) is 0 Å². The van der Waals surface area contributed by atoms with Crippen LogP contribution in [0, 0.1) is 11.3 Å². The van der Waals surface area contributed by atoms with Gasteiger partial charge in [-0.15, -0.1) is 0 Å². The summed E-state index contributed by atoms with van der Waals surface area (Å²) in [5.41, 5.74) is 3.90. The Morgan fingerprint density at radius 1 is 1.26 bits per heavy atom. The molecule has 3 rings (SSSR count). The lowest BCUT2D eigenvalue weighted by Crippen LogP contribution is -2.30. The van der Waals surface area contributed by atoms with E-state index in [-0.39, 0.29) is 40.9 Å². The summed E-state index contributed by atoms with van der Waals surface area (Å²) < 4.78 is 67.1. The summed E-state index contributed by atoms with van der Waals surface area (Å²) in [6.45, 7) is 3.44. The Labute approximate surface area is 183 Å². The van der Waals surface area contributed by atoms with Gasteiger partial charge in [0.1, 0.15) is 22.5 Å². The van der Waals surface area contributed by atoms with E-state index in [0.29, 0.717) is 12.8 Å². The number of primary amides is 1. The molecule has 2 aromatic rings. The first-order valence-electron chi connectivity index (χ1n) is 8.75. The molecule has 1 heterocycles. The molecule has 1 aliphatic carbocycles.